The van der Waals surface area contributed by atoms with Gasteiger partial charge in [-0.25, -0.2) is 4.98 Å². The smallest absolute Gasteiger partial charge is 0.188 e. The van der Waals surface area contributed by atoms with Crippen molar-refractivity contribution in [3.63, 3.8) is 0 Å². The molecule has 0 spiro atoms. The van der Waals surface area contributed by atoms with E-state index in [2.05, 4.69) is 39.8 Å². The SMILES string of the molecule is Cc1nc2ccccc2n1CCNC(N)=NCC(C)C. The first kappa shape index (κ1) is 14.4. The summed E-state index contributed by atoms with van der Waals surface area (Å²) in [6.45, 7) is 8.59. The Morgan fingerprint density at radius 2 is 2.15 bits per heavy atom. The minimum Gasteiger partial charge on any atom is -0.370 e. The Balaban J connectivity index is 1.96. The van der Waals surface area contributed by atoms with E-state index in [1.54, 1.807) is 0 Å². The lowest BCUT2D eigenvalue weighted by molar-refractivity contribution is 0.648. The average molecular weight is 273 g/mol. The summed E-state index contributed by atoms with van der Waals surface area (Å²) in [7, 11) is 0. The van der Waals surface area contributed by atoms with Gasteiger partial charge in [0.2, 0.25) is 0 Å². The second kappa shape index (κ2) is 6.41. The highest BCUT2D eigenvalue weighted by molar-refractivity contribution is 5.78. The molecule has 0 radical (unpaired) electrons. The molecule has 1 heterocycles. The predicted molar refractivity (Wildman–Crippen MR) is 83.8 cm³/mol. The fourth-order valence-electron chi connectivity index (χ4n) is 2.11. The summed E-state index contributed by atoms with van der Waals surface area (Å²) in [5.41, 5.74) is 8.02. The van der Waals surface area contributed by atoms with Crippen molar-refractivity contribution in [3.8, 4) is 0 Å². The molecule has 0 bridgehead atoms. The number of nitrogens with one attached hydrogen (secondary N) is 1. The first-order valence-electron chi connectivity index (χ1n) is 7.03. The van der Waals surface area contributed by atoms with Gasteiger partial charge in [-0.05, 0) is 25.0 Å². The standard InChI is InChI=1S/C15H23N5/c1-11(2)10-18-15(16)17-8-9-20-12(3)19-13-6-4-5-7-14(13)20/h4-7,11H,8-10H2,1-3H3,(H3,16,17,18). The highest BCUT2D eigenvalue weighted by Gasteiger charge is 2.05. The molecule has 1 aromatic heterocycles. The van der Waals surface area contributed by atoms with Crippen LogP contribution in [0, 0.1) is 12.8 Å². The molecular weight excluding hydrogens is 250 g/mol. The summed E-state index contributed by atoms with van der Waals surface area (Å²) in [4.78, 5) is 8.83. The normalized spacial score (nSPS) is 12.3. The number of hydrogen-bond acceptors (Lipinski definition) is 2. The molecule has 0 atom stereocenters. The molecule has 2 rings (SSSR count). The number of benzene rings is 1. The first-order valence-corrected chi connectivity index (χ1v) is 7.03. The molecule has 0 amide bonds. The van der Waals surface area contributed by atoms with Crippen LogP contribution in [0.5, 0.6) is 0 Å². The number of guanidine groups is 1. The van der Waals surface area contributed by atoms with E-state index in [1.165, 1.54) is 0 Å². The molecular formula is C15H23N5. The lowest BCUT2D eigenvalue weighted by Crippen LogP contribution is -2.34. The summed E-state index contributed by atoms with van der Waals surface area (Å²) >= 11 is 0. The zero-order valence-corrected chi connectivity index (χ0v) is 12.4. The van der Waals surface area contributed by atoms with Crippen molar-refractivity contribution in [2.45, 2.75) is 27.3 Å². The number of rotatable bonds is 5. The minimum atomic E-state index is 0.515. The van der Waals surface area contributed by atoms with Crippen molar-refractivity contribution in [1.82, 2.24) is 14.9 Å². The predicted octanol–water partition coefficient (Wildman–Crippen LogP) is 1.91. The molecule has 2 aromatic rings. The van der Waals surface area contributed by atoms with Gasteiger partial charge < -0.3 is 15.6 Å². The number of aryl methyl sites for hydroxylation is 1. The van der Waals surface area contributed by atoms with Crippen molar-refractivity contribution in [2.75, 3.05) is 13.1 Å². The summed E-state index contributed by atoms with van der Waals surface area (Å²) < 4.78 is 2.19. The lowest BCUT2D eigenvalue weighted by Gasteiger charge is -2.09. The van der Waals surface area contributed by atoms with Crippen molar-refractivity contribution in [1.29, 1.82) is 0 Å². The number of para-hydroxylation sites is 2. The van der Waals surface area contributed by atoms with Crippen LogP contribution in [0.4, 0.5) is 0 Å². The molecule has 0 saturated carbocycles. The number of nitrogens with zero attached hydrogens (tertiary/aromatic N) is 3. The number of imidazole rings is 1. The van der Waals surface area contributed by atoms with Crippen molar-refractivity contribution in [3.05, 3.63) is 30.1 Å². The molecule has 0 aliphatic heterocycles. The molecule has 20 heavy (non-hydrogen) atoms. The van der Waals surface area contributed by atoms with Crippen LogP contribution in [0.1, 0.15) is 19.7 Å². The fraction of sp³-hybridized carbons (Fsp3) is 0.467. The Morgan fingerprint density at radius 3 is 2.90 bits per heavy atom. The third-order valence-electron chi connectivity index (χ3n) is 3.11. The van der Waals surface area contributed by atoms with Gasteiger partial charge in [-0.2, -0.15) is 0 Å². The average Bonchev–Trinajstić information content (AvgIpc) is 2.73. The monoisotopic (exact) mass is 273 g/mol. The molecule has 0 saturated heterocycles. The maximum absolute atomic E-state index is 5.83. The van der Waals surface area contributed by atoms with E-state index in [0.29, 0.717) is 11.9 Å². The zero-order valence-electron chi connectivity index (χ0n) is 12.4. The molecule has 5 heteroatoms. The topological polar surface area (TPSA) is 68.2 Å². The van der Waals surface area contributed by atoms with E-state index >= 15 is 0 Å². The summed E-state index contributed by atoms with van der Waals surface area (Å²) in [6, 6.07) is 8.16. The van der Waals surface area contributed by atoms with Gasteiger partial charge in [-0.1, -0.05) is 26.0 Å². The van der Waals surface area contributed by atoms with Gasteiger partial charge in [-0.3, -0.25) is 4.99 Å². The maximum atomic E-state index is 5.83. The fourth-order valence-corrected chi connectivity index (χ4v) is 2.11. The van der Waals surface area contributed by atoms with Gasteiger partial charge >= 0.3 is 0 Å². The molecule has 1 aromatic carbocycles. The highest BCUT2D eigenvalue weighted by atomic mass is 15.1. The third kappa shape index (κ3) is 3.50. The van der Waals surface area contributed by atoms with Gasteiger partial charge in [0.05, 0.1) is 11.0 Å². The van der Waals surface area contributed by atoms with Gasteiger partial charge in [0.1, 0.15) is 5.82 Å². The third-order valence-corrected chi connectivity index (χ3v) is 3.11. The van der Waals surface area contributed by atoms with Crippen LogP contribution < -0.4 is 11.1 Å². The molecule has 0 aliphatic carbocycles. The van der Waals surface area contributed by atoms with Gasteiger partial charge in [0.25, 0.3) is 0 Å². The molecule has 108 valence electrons. The summed E-state index contributed by atoms with van der Waals surface area (Å²) in [5.74, 6) is 2.06. The Hall–Kier alpha value is -2.04. The van der Waals surface area contributed by atoms with E-state index in [9.17, 15) is 0 Å². The van der Waals surface area contributed by atoms with Crippen LogP contribution in [0.25, 0.3) is 11.0 Å². The van der Waals surface area contributed by atoms with Crippen LogP contribution >= 0.6 is 0 Å². The Kier molecular flexibility index (Phi) is 4.61. The molecule has 0 aliphatic rings. The lowest BCUT2D eigenvalue weighted by atomic mass is 10.2. The van der Waals surface area contributed by atoms with Gasteiger partial charge in [0, 0.05) is 19.6 Å². The zero-order chi connectivity index (χ0) is 14.5. The van der Waals surface area contributed by atoms with Crippen molar-refractivity contribution >= 4 is 17.0 Å². The van der Waals surface area contributed by atoms with Gasteiger partial charge in [-0.15, -0.1) is 0 Å². The second-order valence-corrected chi connectivity index (χ2v) is 5.35. The van der Waals surface area contributed by atoms with Crippen molar-refractivity contribution < 1.29 is 0 Å². The van der Waals surface area contributed by atoms with Crippen LogP contribution in [0.2, 0.25) is 0 Å². The van der Waals surface area contributed by atoms with E-state index in [4.69, 9.17) is 5.73 Å². The van der Waals surface area contributed by atoms with Crippen molar-refractivity contribution in [2.24, 2.45) is 16.6 Å². The molecule has 0 unspecified atom stereocenters. The Bertz CT molecular complexity index is 597. The molecule has 5 nitrogen and oxygen atoms in total. The maximum Gasteiger partial charge on any atom is 0.188 e. The number of nitrogens with two attached hydrogens (primary N) is 1. The highest BCUT2D eigenvalue weighted by Crippen LogP contribution is 2.14. The number of hydrogen-bond donors (Lipinski definition) is 2. The minimum absolute atomic E-state index is 0.515. The van der Waals surface area contributed by atoms with Crippen LogP contribution in [-0.2, 0) is 6.54 Å². The van der Waals surface area contributed by atoms with E-state index in [1.807, 2.05) is 25.1 Å². The number of aromatic nitrogens is 2. The molecule has 0 fully saturated rings. The first-order chi connectivity index (χ1) is 9.58. The quantitative estimate of drug-likeness (QED) is 0.646. The number of aliphatic imine (C=N–C) groups is 1. The Morgan fingerprint density at radius 1 is 1.40 bits per heavy atom. The van der Waals surface area contributed by atoms with Gasteiger partial charge in [0.15, 0.2) is 5.96 Å². The Labute approximate surface area is 119 Å². The molecule has 3 N–H and O–H groups in total. The summed E-state index contributed by atoms with van der Waals surface area (Å²) in [6.07, 6.45) is 0. The van der Waals surface area contributed by atoms with Crippen LogP contribution in [0.15, 0.2) is 29.3 Å². The summed E-state index contributed by atoms with van der Waals surface area (Å²) in [5, 5.41) is 3.15. The van der Waals surface area contributed by atoms with E-state index in [-0.39, 0.29) is 0 Å². The van der Waals surface area contributed by atoms with E-state index in [0.717, 1.165) is 36.5 Å². The van der Waals surface area contributed by atoms with E-state index < -0.39 is 0 Å². The number of fused-ring (bicyclic) bond motifs is 1. The van der Waals surface area contributed by atoms with Crippen LogP contribution in [-0.4, -0.2) is 28.6 Å². The largest absolute Gasteiger partial charge is 0.370 e. The second-order valence-electron chi connectivity index (χ2n) is 5.35. The van der Waals surface area contributed by atoms with Crippen LogP contribution in [0.3, 0.4) is 0 Å².